The zero-order chi connectivity index (χ0) is 8.20. The minimum atomic E-state index is -2.10. The standard InChI is InChI=1S/C5H13N2O2P/c1-6-5(8)7-4-10(2,3)9/h4H2,1-3H3,(H2,6,7,8). The summed E-state index contributed by atoms with van der Waals surface area (Å²) in [7, 11) is -0.585. The van der Waals surface area contributed by atoms with Crippen LogP contribution in [0.3, 0.4) is 0 Å². The molecule has 0 bridgehead atoms. The maximum Gasteiger partial charge on any atom is 0.314 e. The summed E-state index contributed by atoms with van der Waals surface area (Å²) in [5.41, 5.74) is 0. The van der Waals surface area contributed by atoms with Gasteiger partial charge >= 0.3 is 6.03 Å². The minimum absolute atomic E-state index is 0.257. The number of rotatable bonds is 2. The number of hydrogen-bond acceptors (Lipinski definition) is 2. The fourth-order valence-corrected chi connectivity index (χ4v) is 0.875. The fourth-order valence-electron chi connectivity index (χ4n) is 0.351. The highest BCUT2D eigenvalue weighted by atomic mass is 31.2. The summed E-state index contributed by atoms with van der Waals surface area (Å²) < 4.78 is 11.0. The Kier molecular flexibility index (Phi) is 3.43. The van der Waals surface area contributed by atoms with E-state index >= 15 is 0 Å². The second kappa shape index (κ2) is 3.62. The van der Waals surface area contributed by atoms with E-state index in [1.807, 2.05) is 0 Å². The first kappa shape index (κ1) is 9.50. The lowest BCUT2D eigenvalue weighted by Crippen LogP contribution is -2.33. The van der Waals surface area contributed by atoms with Crippen molar-refractivity contribution in [1.29, 1.82) is 0 Å². The molecular weight excluding hydrogens is 151 g/mol. The molecule has 2 N–H and O–H groups in total. The minimum Gasteiger partial charge on any atom is -0.341 e. The smallest absolute Gasteiger partial charge is 0.314 e. The summed E-state index contributed by atoms with van der Waals surface area (Å²) in [6.45, 7) is 3.26. The Morgan fingerprint density at radius 2 is 2.00 bits per heavy atom. The molecule has 0 heterocycles. The molecule has 10 heavy (non-hydrogen) atoms. The van der Waals surface area contributed by atoms with E-state index in [4.69, 9.17) is 0 Å². The molecule has 0 saturated carbocycles. The van der Waals surface area contributed by atoms with Gasteiger partial charge < -0.3 is 15.2 Å². The van der Waals surface area contributed by atoms with E-state index in [1.165, 1.54) is 7.05 Å². The maximum absolute atomic E-state index is 11.0. The van der Waals surface area contributed by atoms with E-state index in [-0.39, 0.29) is 12.3 Å². The first-order valence-electron chi connectivity index (χ1n) is 2.95. The van der Waals surface area contributed by atoms with Crippen molar-refractivity contribution in [2.45, 2.75) is 0 Å². The van der Waals surface area contributed by atoms with Crippen LogP contribution in [0.5, 0.6) is 0 Å². The molecular formula is C5H13N2O2P. The lowest BCUT2D eigenvalue weighted by atomic mass is 11.0. The molecule has 60 valence electrons. The first-order valence-corrected chi connectivity index (χ1v) is 5.74. The predicted molar refractivity (Wildman–Crippen MR) is 41.9 cm³/mol. The van der Waals surface area contributed by atoms with Crippen LogP contribution in [0, 0.1) is 0 Å². The summed E-state index contributed by atoms with van der Waals surface area (Å²) in [6, 6.07) is -0.288. The molecule has 0 aromatic carbocycles. The monoisotopic (exact) mass is 164 g/mol. The molecule has 0 aromatic rings. The van der Waals surface area contributed by atoms with Crippen molar-refractivity contribution in [2.75, 3.05) is 26.7 Å². The second-order valence-electron chi connectivity index (χ2n) is 2.49. The first-order chi connectivity index (χ1) is 4.45. The number of amides is 2. The van der Waals surface area contributed by atoms with Crippen LogP contribution in [0.4, 0.5) is 4.79 Å². The second-order valence-corrected chi connectivity index (χ2v) is 5.95. The summed E-state index contributed by atoms with van der Waals surface area (Å²) in [4.78, 5) is 10.5. The molecule has 0 unspecified atom stereocenters. The SMILES string of the molecule is CNC(=O)NCP(C)(C)=O. The van der Waals surface area contributed by atoms with Gasteiger partial charge in [-0.2, -0.15) is 0 Å². The third kappa shape index (κ3) is 5.63. The van der Waals surface area contributed by atoms with Gasteiger partial charge in [0.2, 0.25) is 0 Å². The summed E-state index contributed by atoms with van der Waals surface area (Å²) >= 11 is 0. The normalized spacial score (nSPS) is 10.7. The van der Waals surface area contributed by atoms with Crippen molar-refractivity contribution in [3.05, 3.63) is 0 Å². The zero-order valence-electron chi connectivity index (χ0n) is 6.47. The van der Waals surface area contributed by atoms with Crippen molar-refractivity contribution in [1.82, 2.24) is 10.6 Å². The van der Waals surface area contributed by atoms with Crippen molar-refractivity contribution >= 4 is 13.2 Å². The fraction of sp³-hybridized carbons (Fsp3) is 0.800. The van der Waals surface area contributed by atoms with Gasteiger partial charge in [0.25, 0.3) is 0 Å². The van der Waals surface area contributed by atoms with Crippen LogP contribution >= 0.6 is 7.14 Å². The zero-order valence-corrected chi connectivity index (χ0v) is 7.37. The van der Waals surface area contributed by atoms with E-state index in [0.717, 1.165) is 0 Å². The number of nitrogens with one attached hydrogen (secondary N) is 2. The highest BCUT2D eigenvalue weighted by Crippen LogP contribution is 2.33. The summed E-state index contributed by atoms with van der Waals surface area (Å²) in [5, 5.41) is 4.83. The Labute approximate surface area is 60.7 Å². The third-order valence-corrected chi connectivity index (χ3v) is 1.77. The average Bonchev–Trinajstić information content (AvgIpc) is 1.81. The molecule has 5 heteroatoms. The van der Waals surface area contributed by atoms with Crippen LogP contribution in [0.1, 0.15) is 0 Å². The van der Waals surface area contributed by atoms with Crippen LogP contribution in [-0.2, 0) is 4.57 Å². The van der Waals surface area contributed by atoms with E-state index in [2.05, 4.69) is 10.6 Å². The van der Waals surface area contributed by atoms with Gasteiger partial charge in [0, 0.05) is 7.05 Å². The molecule has 0 aromatic heterocycles. The molecule has 0 aliphatic rings. The number of carbonyl (C=O) groups is 1. The molecule has 0 fully saturated rings. The quantitative estimate of drug-likeness (QED) is 0.584. The van der Waals surface area contributed by atoms with Gasteiger partial charge in [-0.3, -0.25) is 0 Å². The lowest BCUT2D eigenvalue weighted by Gasteiger charge is -2.06. The molecule has 0 saturated heterocycles. The van der Waals surface area contributed by atoms with Crippen molar-refractivity contribution < 1.29 is 9.36 Å². The van der Waals surface area contributed by atoms with Gasteiger partial charge in [-0.15, -0.1) is 0 Å². The van der Waals surface area contributed by atoms with Gasteiger partial charge in [0.1, 0.15) is 7.14 Å². The van der Waals surface area contributed by atoms with Crippen LogP contribution in [0.15, 0.2) is 0 Å². The van der Waals surface area contributed by atoms with Gasteiger partial charge in [-0.05, 0) is 13.3 Å². The number of carbonyl (C=O) groups excluding carboxylic acids is 1. The van der Waals surface area contributed by atoms with Gasteiger partial charge in [-0.1, -0.05) is 0 Å². The molecule has 0 aliphatic heterocycles. The predicted octanol–water partition coefficient (Wildman–Crippen LogP) is 0.496. The average molecular weight is 164 g/mol. The highest BCUT2D eigenvalue weighted by molar-refractivity contribution is 7.62. The maximum atomic E-state index is 11.0. The molecule has 0 atom stereocenters. The van der Waals surface area contributed by atoms with Gasteiger partial charge in [0.15, 0.2) is 0 Å². The molecule has 0 rings (SSSR count). The van der Waals surface area contributed by atoms with E-state index in [1.54, 1.807) is 13.3 Å². The molecule has 0 aliphatic carbocycles. The third-order valence-electron chi connectivity index (χ3n) is 0.847. The largest absolute Gasteiger partial charge is 0.341 e. The van der Waals surface area contributed by atoms with E-state index in [0.29, 0.717) is 0 Å². The Balaban J connectivity index is 3.56. The molecule has 2 amide bonds. The highest BCUT2D eigenvalue weighted by Gasteiger charge is 2.07. The molecule has 4 nitrogen and oxygen atoms in total. The van der Waals surface area contributed by atoms with Gasteiger partial charge in [0.05, 0.1) is 6.29 Å². The van der Waals surface area contributed by atoms with Crippen molar-refractivity contribution in [3.63, 3.8) is 0 Å². The van der Waals surface area contributed by atoms with Crippen LogP contribution < -0.4 is 10.6 Å². The summed E-state index contributed by atoms with van der Waals surface area (Å²) in [5.74, 6) is 0. The van der Waals surface area contributed by atoms with Gasteiger partial charge in [-0.25, -0.2) is 4.79 Å². The number of urea groups is 1. The Bertz CT molecular complexity index is 163. The van der Waals surface area contributed by atoms with Crippen LogP contribution in [-0.4, -0.2) is 32.7 Å². The lowest BCUT2D eigenvalue weighted by molar-refractivity contribution is 0.244. The van der Waals surface area contributed by atoms with E-state index < -0.39 is 7.14 Å². The summed E-state index contributed by atoms with van der Waals surface area (Å²) in [6.07, 6.45) is 0.257. The topological polar surface area (TPSA) is 58.2 Å². The van der Waals surface area contributed by atoms with Crippen molar-refractivity contribution in [3.8, 4) is 0 Å². The number of hydrogen-bond donors (Lipinski definition) is 2. The Morgan fingerprint density at radius 1 is 1.50 bits per heavy atom. The Morgan fingerprint density at radius 3 is 2.30 bits per heavy atom. The van der Waals surface area contributed by atoms with Crippen molar-refractivity contribution in [2.24, 2.45) is 0 Å². The molecule has 0 radical (unpaired) electrons. The molecule has 0 spiro atoms. The van der Waals surface area contributed by atoms with E-state index in [9.17, 15) is 9.36 Å². The Hall–Kier alpha value is -0.500. The van der Waals surface area contributed by atoms with Crippen LogP contribution in [0.2, 0.25) is 0 Å². The van der Waals surface area contributed by atoms with Crippen LogP contribution in [0.25, 0.3) is 0 Å².